The maximum absolute atomic E-state index is 12.2. The number of piperazine rings is 1. The zero-order valence-corrected chi connectivity index (χ0v) is 15.3. The molecule has 0 radical (unpaired) electrons. The third kappa shape index (κ3) is 3.34. The highest BCUT2D eigenvalue weighted by Crippen LogP contribution is 2.32. The van der Waals surface area contributed by atoms with E-state index in [0.717, 1.165) is 36.2 Å². The van der Waals surface area contributed by atoms with E-state index in [-0.39, 0.29) is 11.8 Å². The lowest BCUT2D eigenvalue weighted by Crippen LogP contribution is -2.48. The van der Waals surface area contributed by atoms with Crippen molar-refractivity contribution in [2.75, 3.05) is 45.2 Å². The van der Waals surface area contributed by atoms with Crippen LogP contribution in [0.5, 0.6) is 0 Å². The van der Waals surface area contributed by atoms with Crippen molar-refractivity contribution >= 4 is 28.5 Å². The molecule has 0 unspecified atom stereocenters. The Morgan fingerprint density at radius 3 is 2.36 bits per heavy atom. The van der Waals surface area contributed by atoms with Gasteiger partial charge in [-0.15, -0.1) is 0 Å². The first-order valence-electron chi connectivity index (χ1n) is 8.69. The number of hydrogen-bond acceptors (Lipinski definition) is 4. The first-order chi connectivity index (χ1) is 11.9. The van der Waals surface area contributed by atoms with Crippen LogP contribution in [0.15, 0.2) is 22.6 Å². The van der Waals surface area contributed by atoms with Gasteiger partial charge in [0.25, 0.3) is 5.91 Å². The number of carbonyl (C=O) groups excluding carboxylic acids is 2. The van der Waals surface area contributed by atoms with Gasteiger partial charge in [-0.1, -0.05) is 6.92 Å². The van der Waals surface area contributed by atoms with Crippen molar-refractivity contribution in [3.05, 3.63) is 29.5 Å². The predicted octanol–water partition coefficient (Wildman–Crippen LogP) is 2.37. The Bertz CT molecular complexity index is 802. The van der Waals surface area contributed by atoms with E-state index in [2.05, 4.69) is 24.0 Å². The number of hydrogen-bond donors (Lipinski definition) is 0. The Morgan fingerprint density at radius 2 is 1.80 bits per heavy atom. The topological polar surface area (TPSA) is 57.0 Å². The summed E-state index contributed by atoms with van der Waals surface area (Å²) >= 11 is 0. The second kappa shape index (κ2) is 6.78. The molecular formula is C19H25N3O3. The summed E-state index contributed by atoms with van der Waals surface area (Å²) in [6.07, 6.45) is 0.915. The number of furan rings is 1. The van der Waals surface area contributed by atoms with Crippen LogP contribution in [0.4, 0.5) is 5.69 Å². The second-order valence-electron chi connectivity index (χ2n) is 6.69. The van der Waals surface area contributed by atoms with Crippen molar-refractivity contribution in [3.63, 3.8) is 0 Å². The fraction of sp³-hybridized carbons (Fsp3) is 0.474. The molecule has 2 amide bonds. The smallest absolute Gasteiger partial charge is 0.289 e. The van der Waals surface area contributed by atoms with Crippen LogP contribution in [0, 0.1) is 0 Å². The van der Waals surface area contributed by atoms with Gasteiger partial charge in [0.2, 0.25) is 5.91 Å². The zero-order valence-electron chi connectivity index (χ0n) is 15.3. The van der Waals surface area contributed by atoms with E-state index < -0.39 is 0 Å². The highest BCUT2D eigenvalue weighted by molar-refractivity contribution is 5.99. The molecule has 0 aliphatic carbocycles. The first-order valence-corrected chi connectivity index (χ1v) is 8.69. The van der Waals surface area contributed by atoms with Crippen molar-refractivity contribution in [1.29, 1.82) is 0 Å². The van der Waals surface area contributed by atoms with Gasteiger partial charge in [-0.25, -0.2) is 0 Å². The Kier molecular flexibility index (Phi) is 4.70. The summed E-state index contributed by atoms with van der Waals surface area (Å²) in [4.78, 5) is 29.4. The maximum Gasteiger partial charge on any atom is 0.289 e. The highest BCUT2D eigenvalue weighted by Gasteiger charge is 2.23. The summed E-state index contributed by atoms with van der Waals surface area (Å²) in [5, 5.41) is 0.952. The molecular weight excluding hydrogens is 318 g/mol. The van der Waals surface area contributed by atoms with Crippen molar-refractivity contribution in [2.24, 2.45) is 0 Å². The molecule has 0 N–H and O–H groups in total. The van der Waals surface area contributed by atoms with Gasteiger partial charge in [0, 0.05) is 52.6 Å². The Hall–Kier alpha value is -2.50. The van der Waals surface area contributed by atoms with Crippen LogP contribution in [-0.2, 0) is 11.2 Å². The number of anilines is 1. The minimum atomic E-state index is -0.137. The summed E-state index contributed by atoms with van der Waals surface area (Å²) in [6, 6.07) is 6.05. The van der Waals surface area contributed by atoms with Crippen LogP contribution in [0.25, 0.3) is 11.0 Å². The van der Waals surface area contributed by atoms with Crippen LogP contribution in [0.1, 0.15) is 30.0 Å². The van der Waals surface area contributed by atoms with Crippen LogP contribution in [0.2, 0.25) is 0 Å². The van der Waals surface area contributed by atoms with E-state index in [4.69, 9.17) is 4.42 Å². The molecule has 134 valence electrons. The van der Waals surface area contributed by atoms with Crippen LogP contribution < -0.4 is 4.90 Å². The van der Waals surface area contributed by atoms with Gasteiger partial charge < -0.3 is 19.1 Å². The van der Waals surface area contributed by atoms with Gasteiger partial charge in [0.05, 0.1) is 5.69 Å². The average molecular weight is 343 g/mol. The Balaban J connectivity index is 1.99. The van der Waals surface area contributed by atoms with E-state index in [0.29, 0.717) is 18.8 Å². The minimum absolute atomic E-state index is 0.115. The Labute approximate surface area is 148 Å². The maximum atomic E-state index is 12.2. The van der Waals surface area contributed by atoms with Gasteiger partial charge >= 0.3 is 0 Å². The van der Waals surface area contributed by atoms with E-state index in [1.165, 1.54) is 10.5 Å². The van der Waals surface area contributed by atoms with Crippen molar-refractivity contribution < 1.29 is 14.0 Å². The third-order valence-electron chi connectivity index (χ3n) is 4.75. The molecule has 0 atom stereocenters. The van der Waals surface area contributed by atoms with Gasteiger partial charge in [-0.2, -0.15) is 0 Å². The molecule has 0 spiro atoms. The number of amides is 2. The molecule has 2 aromatic rings. The SMILES string of the molecule is CCc1cc(N2CCN(C(C)=O)CC2)c2oc(C(=O)N(C)C)cc2c1. The second-order valence-corrected chi connectivity index (χ2v) is 6.69. The number of aryl methyl sites for hydroxylation is 1. The van der Waals surface area contributed by atoms with E-state index in [1.807, 2.05) is 11.0 Å². The summed E-state index contributed by atoms with van der Waals surface area (Å²) in [7, 11) is 3.43. The standard InChI is InChI=1S/C19H25N3O3/c1-5-14-10-15-12-17(19(24)20(3)4)25-18(15)16(11-14)22-8-6-21(7-9-22)13(2)23/h10-12H,5-9H2,1-4H3. The number of benzene rings is 1. The fourth-order valence-corrected chi connectivity index (χ4v) is 3.22. The molecule has 25 heavy (non-hydrogen) atoms. The lowest BCUT2D eigenvalue weighted by atomic mass is 10.1. The monoisotopic (exact) mass is 343 g/mol. The normalized spacial score (nSPS) is 14.9. The molecule has 1 aliphatic heterocycles. The molecule has 1 aromatic carbocycles. The van der Waals surface area contributed by atoms with Crippen LogP contribution >= 0.6 is 0 Å². The number of carbonyl (C=O) groups is 2. The molecule has 2 heterocycles. The quantitative estimate of drug-likeness (QED) is 0.858. The highest BCUT2D eigenvalue weighted by atomic mass is 16.3. The lowest BCUT2D eigenvalue weighted by Gasteiger charge is -2.35. The minimum Gasteiger partial charge on any atom is -0.449 e. The lowest BCUT2D eigenvalue weighted by molar-refractivity contribution is -0.129. The molecule has 6 nitrogen and oxygen atoms in total. The average Bonchev–Trinajstić information content (AvgIpc) is 3.03. The number of nitrogens with zero attached hydrogens (tertiary/aromatic N) is 3. The molecule has 6 heteroatoms. The predicted molar refractivity (Wildman–Crippen MR) is 98.1 cm³/mol. The van der Waals surface area contributed by atoms with Crippen molar-refractivity contribution in [2.45, 2.75) is 20.3 Å². The fourth-order valence-electron chi connectivity index (χ4n) is 3.22. The molecule has 1 saturated heterocycles. The third-order valence-corrected chi connectivity index (χ3v) is 4.75. The molecule has 1 fully saturated rings. The molecule has 0 saturated carbocycles. The number of fused-ring (bicyclic) bond motifs is 1. The molecule has 1 aromatic heterocycles. The van der Waals surface area contributed by atoms with Gasteiger partial charge in [-0.05, 0) is 30.2 Å². The first kappa shape index (κ1) is 17.3. The van der Waals surface area contributed by atoms with E-state index in [9.17, 15) is 9.59 Å². The molecule has 3 rings (SSSR count). The van der Waals surface area contributed by atoms with Gasteiger partial charge in [0.1, 0.15) is 0 Å². The zero-order chi connectivity index (χ0) is 18.1. The van der Waals surface area contributed by atoms with Crippen LogP contribution in [-0.4, -0.2) is 61.9 Å². The van der Waals surface area contributed by atoms with E-state index >= 15 is 0 Å². The largest absolute Gasteiger partial charge is 0.449 e. The Morgan fingerprint density at radius 1 is 1.12 bits per heavy atom. The van der Waals surface area contributed by atoms with Crippen molar-refractivity contribution in [1.82, 2.24) is 9.80 Å². The van der Waals surface area contributed by atoms with Gasteiger partial charge in [-0.3, -0.25) is 9.59 Å². The molecule has 1 aliphatic rings. The van der Waals surface area contributed by atoms with Crippen LogP contribution in [0.3, 0.4) is 0 Å². The summed E-state index contributed by atoms with van der Waals surface area (Å²) in [5.41, 5.74) is 2.97. The molecule has 0 bridgehead atoms. The summed E-state index contributed by atoms with van der Waals surface area (Å²) in [5.74, 6) is 0.336. The van der Waals surface area contributed by atoms with Crippen molar-refractivity contribution in [3.8, 4) is 0 Å². The van der Waals surface area contributed by atoms with E-state index in [1.54, 1.807) is 21.0 Å². The van der Waals surface area contributed by atoms with Gasteiger partial charge in [0.15, 0.2) is 11.3 Å². The number of rotatable bonds is 3. The summed E-state index contributed by atoms with van der Waals surface area (Å²) < 4.78 is 5.94. The summed E-state index contributed by atoms with van der Waals surface area (Å²) in [6.45, 7) is 6.66.